The van der Waals surface area contributed by atoms with Crippen molar-refractivity contribution >= 4 is 28.5 Å². The van der Waals surface area contributed by atoms with Crippen LogP contribution in [0, 0.1) is 0 Å². The van der Waals surface area contributed by atoms with Crippen LogP contribution in [-0.4, -0.2) is 23.2 Å². The van der Waals surface area contributed by atoms with Gasteiger partial charge in [-0.15, -0.1) is 0 Å². The predicted octanol–water partition coefficient (Wildman–Crippen LogP) is 4.43. The SMILES string of the molecule is COc1ccccc1/C=C1\CCc2c1nc1ccccc1c2C(=O)O. The summed E-state index contributed by atoms with van der Waals surface area (Å²) in [7, 11) is 1.65. The highest BCUT2D eigenvalue weighted by Gasteiger charge is 2.26. The molecule has 4 heteroatoms. The van der Waals surface area contributed by atoms with Gasteiger partial charge in [0.2, 0.25) is 0 Å². The lowest BCUT2D eigenvalue weighted by atomic mass is 10.0. The van der Waals surface area contributed by atoms with Gasteiger partial charge in [0, 0.05) is 10.9 Å². The van der Waals surface area contributed by atoms with E-state index in [2.05, 4.69) is 6.08 Å². The van der Waals surface area contributed by atoms with Gasteiger partial charge in [0.15, 0.2) is 0 Å². The van der Waals surface area contributed by atoms with Crippen LogP contribution in [0.15, 0.2) is 48.5 Å². The average molecular weight is 331 g/mol. The first kappa shape index (κ1) is 15.4. The Kier molecular flexibility index (Phi) is 3.73. The Morgan fingerprint density at radius 2 is 1.88 bits per heavy atom. The van der Waals surface area contributed by atoms with E-state index in [1.165, 1.54) is 0 Å². The molecule has 1 heterocycles. The van der Waals surface area contributed by atoms with E-state index in [4.69, 9.17) is 9.72 Å². The first-order valence-corrected chi connectivity index (χ1v) is 8.18. The van der Waals surface area contributed by atoms with Crippen LogP contribution in [0.1, 0.15) is 33.6 Å². The maximum absolute atomic E-state index is 11.9. The Morgan fingerprint density at radius 1 is 1.12 bits per heavy atom. The molecule has 0 fully saturated rings. The van der Waals surface area contributed by atoms with Gasteiger partial charge in [-0.05, 0) is 42.2 Å². The number of fused-ring (bicyclic) bond motifs is 2. The van der Waals surface area contributed by atoms with Crippen molar-refractivity contribution in [3.8, 4) is 5.75 Å². The third kappa shape index (κ3) is 2.56. The minimum Gasteiger partial charge on any atom is -0.496 e. The van der Waals surface area contributed by atoms with Crippen molar-refractivity contribution in [2.75, 3.05) is 7.11 Å². The van der Waals surface area contributed by atoms with Crippen LogP contribution in [-0.2, 0) is 6.42 Å². The highest BCUT2D eigenvalue weighted by molar-refractivity contribution is 6.06. The van der Waals surface area contributed by atoms with Gasteiger partial charge in [0.25, 0.3) is 0 Å². The van der Waals surface area contributed by atoms with Gasteiger partial charge in [0.1, 0.15) is 5.75 Å². The van der Waals surface area contributed by atoms with Crippen LogP contribution in [0.2, 0.25) is 0 Å². The van der Waals surface area contributed by atoms with E-state index in [9.17, 15) is 9.90 Å². The van der Waals surface area contributed by atoms with Crippen molar-refractivity contribution in [2.45, 2.75) is 12.8 Å². The number of pyridine rings is 1. The number of aromatic carboxylic acids is 1. The summed E-state index contributed by atoms with van der Waals surface area (Å²) in [5.41, 5.74) is 4.73. The Bertz CT molecular complexity index is 1020. The lowest BCUT2D eigenvalue weighted by molar-refractivity contribution is 0.0698. The lowest BCUT2D eigenvalue weighted by Crippen LogP contribution is -2.05. The van der Waals surface area contributed by atoms with E-state index in [1.54, 1.807) is 7.11 Å². The minimum atomic E-state index is -0.895. The summed E-state index contributed by atoms with van der Waals surface area (Å²) in [5.74, 6) is -0.101. The molecule has 1 N–H and O–H groups in total. The van der Waals surface area contributed by atoms with E-state index in [0.717, 1.165) is 34.6 Å². The zero-order chi connectivity index (χ0) is 17.4. The molecule has 4 nitrogen and oxygen atoms in total. The van der Waals surface area contributed by atoms with Gasteiger partial charge >= 0.3 is 5.97 Å². The number of rotatable bonds is 3. The van der Waals surface area contributed by atoms with E-state index in [0.29, 0.717) is 22.9 Å². The van der Waals surface area contributed by atoms with Gasteiger partial charge in [-0.3, -0.25) is 0 Å². The number of nitrogens with zero attached hydrogens (tertiary/aromatic N) is 1. The first-order chi connectivity index (χ1) is 12.2. The van der Waals surface area contributed by atoms with E-state index in [-0.39, 0.29) is 0 Å². The molecule has 3 aromatic rings. The molecule has 4 rings (SSSR count). The fraction of sp³-hybridized carbons (Fsp3) is 0.143. The van der Waals surface area contributed by atoms with Crippen molar-refractivity contribution in [1.29, 1.82) is 0 Å². The van der Waals surface area contributed by atoms with Crippen LogP contribution < -0.4 is 4.74 Å². The number of benzene rings is 2. The predicted molar refractivity (Wildman–Crippen MR) is 97.9 cm³/mol. The van der Waals surface area contributed by atoms with Gasteiger partial charge in [-0.1, -0.05) is 36.4 Å². The molecule has 0 amide bonds. The van der Waals surface area contributed by atoms with Crippen LogP contribution in [0.25, 0.3) is 22.6 Å². The number of carbonyl (C=O) groups is 1. The van der Waals surface area contributed by atoms with Crippen LogP contribution in [0.5, 0.6) is 5.75 Å². The second-order valence-electron chi connectivity index (χ2n) is 6.05. The fourth-order valence-corrected chi connectivity index (χ4v) is 3.50. The zero-order valence-electron chi connectivity index (χ0n) is 13.8. The molecule has 2 aromatic carbocycles. The van der Waals surface area contributed by atoms with E-state index >= 15 is 0 Å². The quantitative estimate of drug-likeness (QED) is 0.771. The van der Waals surface area contributed by atoms with Gasteiger partial charge in [-0.2, -0.15) is 0 Å². The summed E-state index contributed by atoms with van der Waals surface area (Å²) in [4.78, 5) is 16.6. The zero-order valence-corrected chi connectivity index (χ0v) is 13.8. The lowest BCUT2D eigenvalue weighted by Gasteiger charge is -2.09. The second kappa shape index (κ2) is 6.06. The topological polar surface area (TPSA) is 59.4 Å². The largest absolute Gasteiger partial charge is 0.496 e. The van der Waals surface area contributed by atoms with Crippen molar-refractivity contribution in [3.05, 3.63) is 70.9 Å². The molecule has 0 unspecified atom stereocenters. The fourth-order valence-electron chi connectivity index (χ4n) is 3.50. The molecule has 0 radical (unpaired) electrons. The molecule has 1 aromatic heterocycles. The monoisotopic (exact) mass is 331 g/mol. The van der Waals surface area contributed by atoms with Gasteiger partial charge in [-0.25, -0.2) is 9.78 Å². The number of hydrogen-bond donors (Lipinski definition) is 1. The number of methoxy groups -OCH3 is 1. The summed E-state index contributed by atoms with van der Waals surface area (Å²) in [5, 5.41) is 10.4. The summed E-state index contributed by atoms with van der Waals surface area (Å²) >= 11 is 0. The molecule has 0 aliphatic heterocycles. The molecular formula is C21H17NO3. The number of carboxylic acid groups (broad SMARTS) is 1. The molecule has 0 saturated heterocycles. The molecule has 25 heavy (non-hydrogen) atoms. The number of aromatic nitrogens is 1. The number of para-hydroxylation sites is 2. The highest BCUT2D eigenvalue weighted by Crippen LogP contribution is 2.38. The smallest absolute Gasteiger partial charge is 0.336 e. The first-order valence-electron chi connectivity index (χ1n) is 8.18. The number of hydrogen-bond acceptors (Lipinski definition) is 3. The van der Waals surface area contributed by atoms with Crippen molar-refractivity contribution < 1.29 is 14.6 Å². The highest BCUT2D eigenvalue weighted by atomic mass is 16.5. The minimum absolute atomic E-state index is 0.379. The van der Waals surface area contributed by atoms with Crippen molar-refractivity contribution in [2.24, 2.45) is 0 Å². The third-order valence-electron chi connectivity index (χ3n) is 4.62. The Balaban J connectivity index is 1.94. The van der Waals surface area contributed by atoms with E-state index in [1.807, 2.05) is 48.5 Å². The van der Waals surface area contributed by atoms with Crippen molar-refractivity contribution in [3.63, 3.8) is 0 Å². The molecule has 0 saturated carbocycles. The van der Waals surface area contributed by atoms with Crippen LogP contribution in [0.3, 0.4) is 0 Å². The second-order valence-corrected chi connectivity index (χ2v) is 6.05. The Morgan fingerprint density at radius 3 is 2.68 bits per heavy atom. The molecule has 0 bridgehead atoms. The summed E-state index contributed by atoms with van der Waals surface area (Å²) in [6.45, 7) is 0. The number of allylic oxidation sites excluding steroid dienone is 1. The summed E-state index contributed by atoms with van der Waals surface area (Å²) in [6.07, 6.45) is 3.52. The molecule has 0 atom stereocenters. The maximum Gasteiger partial charge on any atom is 0.336 e. The average Bonchev–Trinajstić information content (AvgIpc) is 3.02. The van der Waals surface area contributed by atoms with E-state index < -0.39 is 5.97 Å². The standard InChI is InChI=1S/C21H17NO3/c1-25-18-9-5-2-6-13(18)12-14-10-11-16-19(21(23)24)15-7-3-4-8-17(15)22-20(14)16/h2-9,12H,10-11H2,1H3,(H,23,24)/b14-12+. The Hall–Kier alpha value is -3.14. The Labute approximate surface area is 145 Å². The summed E-state index contributed by atoms with van der Waals surface area (Å²) < 4.78 is 5.42. The molecule has 0 spiro atoms. The van der Waals surface area contributed by atoms with Crippen LogP contribution in [0.4, 0.5) is 0 Å². The normalized spacial score (nSPS) is 14.7. The third-order valence-corrected chi connectivity index (χ3v) is 4.62. The molecule has 1 aliphatic carbocycles. The summed E-state index contributed by atoms with van der Waals surface area (Å²) in [6, 6.07) is 15.2. The molecular weight excluding hydrogens is 314 g/mol. The number of carboxylic acids is 1. The van der Waals surface area contributed by atoms with Gasteiger partial charge < -0.3 is 9.84 Å². The maximum atomic E-state index is 11.9. The van der Waals surface area contributed by atoms with Crippen LogP contribution >= 0.6 is 0 Å². The van der Waals surface area contributed by atoms with Gasteiger partial charge in [0.05, 0.1) is 23.9 Å². The molecule has 1 aliphatic rings. The van der Waals surface area contributed by atoms with Crippen molar-refractivity contribution in [1.82, 2.24) is 4.98 Å². The molecule has 124 valence electrons. The number of ether oxygens (including phenoxy) is 1.